The molecule has 2 atom stereocenters. The molecule has 1 rings (SSSR count). The zero-order chi connectivity index (χ0) is 12.9. The fourth-order valence-corrected chi connectivity index (χ4v) is 4.10. The number of nitrogens with one attached hydrogen (secondary N) is 1. The minimum Gasteiger partial charge on any atom is -0.368 e. The maximum absolute atomic E-state index is 11.5. The van der Waals surface area contributed by atoms with Crippen LogP contribution in [0.2, 0.25) is 0 Å². The Balaban J connectivity index is 2.58. The summed E-state index contributed by atoms with van der Waals surface area (Å²) in [5.74, 6) is -0.280. The van der Waals surface area contributed by atoms with Gasteiger partial charge in [-0.25, -0.2) is 0 Å². The summed E-state index contributed by atoms with van der Waals surface area (Å²) in [7, 11) is 0. The van der Waals surface area contributed by atoms with Gasteiger partial charge in [0.25, 0.3) is 0 Å². The molecule has 0 aliphatic rings. The normalized spacial score (nSPS) is 16.4. The van der Waals surface area contributed by atoms with Crippen LogP contribution in [-0.4, -0.2) is 23.2 Å². The summed E-state index contributed by atoms with van der Waals surface area (Å²) in [5.41, 5.74) is 4.86. The van der Waals surface area contributed by atoms with Gasteiger partial charge in [-0.3, -0.25) is 4.79 Å². The Kier molecular flexibility index (Phi) is 5.49. The number of nitrogens with two attached hydrogens (primary N) is 1. The Morgan fingerprint density at radius 1 is 1.71 bits per heavy atom. The predicted octanol–water partition coefficient (Wildman–Crippen LogP) is 2.47. The standard InChI is InChI=1S/C12H20N2OS2/c1-4-14-12(3,11(13)15)8-9(2)17-10-6-5-7-16-10/h5-7,9,14H,4,8H2,1-3H3,(H2,13,15). The molecule has 0 saturated heterocycles. The molecule has 96 valence electrons. The second-order valence-electron chi connectivity index (χ2n) is 4.29. The lowest BCUT2D eigenvalue weighted by molar-refractivity contribution is -0.124. The van der Waals surface area contributed by atoms with Crippen molar-refractivity contribution in [3.63, 3.8) is 0 Å². The van der Waals surface area contributed by atoms with Crippen LogP contribution in [0.25, 0.3) is 0 Å². The molecule has 3 nitrogen and oxygen atoms in total. The summed E-state index contributed by atoms with van der Waals surface area (Å²) in [5, 5.41) is 5.60. The number of thioether (sulfide) groups is 1. The predicted molar refractivity (Wildman–Crippen MR) is 75.5 cm³/mol. The first-order valence-electron chi connectivity index (χ1n) is 5.73. The van der Waals surface area contributed by atoms with Crippen LogP contribution < -0.4 is 11.1 Å². The minimum atomic E-state index is -0.613. The van der Waals surface area contributed by atoms with Gasteiger partial charge in [-0.1, -0.05) is 19.9 Å². The summed E-state index contributed by atoms with van der Waals surface area (Å²) >= 11 is 3.52. The monoisotopic (exact) mass is 272 g/mol. The molecule has 1 heterocycles. The first kappa shape index (κ1) is 14.5. The summed E-state index contributed by atoms with van der Waals surface area (Å²) < 4.78 is 1.28. The van der Waals surface area contributed by atoms with Crippen molar-refractivity contribution in [2.24, 2.45) is 5.73 Å². The fourth-order valence-electron chi connectivity index (χ4n) is 1.80. The van der Waals surface area contributed by atoms with Crippen molar-refractivity contribution in [1.29, 1.82) is 0 Å². The van der Waals surface area contributed by atoms with Crippen molar-refractivity contribution in [2.75, 3.05) is 6.54 Å². The van der Waals surface area contributed by atoms with Crippen LogP contribution in [0, 0.1) is 0 Å². The number of likely N-dealkylation sites (N-methyl/N-ethyl adjacent to an activating group) is 1. The molecule has 0 aliphatic heterocycles. The SMILES string of the molecule is CCNC(C)(CC(C)Sc1cccs1)C(N)=O. The van der Waals surface area contributed by atoms with Gasteiger partial charge in [-0.2, -0.15) is 0 Å². The molecule has 3 N–H and O–H groups in total. The van der Waals surface area contributed by atoms with Gasteiger partial charge in [-0.05, 0) is 31.3 Å². The molecule has 0 spiro atoms. The van der Waals surface area contributed by atoms with Gasteiger partial charge in [0.15, 0.2) is 0 Å². The molecule has 1 amide bonds. The average Bonchev–Trinajstić information content (AvgIpc) is 2.70. The number of primary amides is 1. The lowest BCUT2D eigenvalue weighted by Crippen LogP contribution is -2.54. The van der Waals surface area contributed by atoms with Crippen LogP contribution in [0.5, 0.6) is 0 Å². The Bertz CT molecular complexity index is 353. The Labute approximate surface area is 111 Å². The van der Waals surface area contributed by atoms with E-state index < -0.39 is 5.54 Å². The molecule has 1 aromatic heterocycles. The van der Waals surface area contributed by atoms with Gasteiger partial charge in [0.05, 0.1) is 9.75 Å². The topological polar surface area (TPSA) is 55.1 Å². The van der Waals surface area contributed by atoms with E-state index in [-0.39, 0.29) is 5.91 Å². The van der Waals surface area contributed by atoms with E-state index >= 15 is 0 Å². The van der Waals surface area contributed by atoms with Crippen molar-refractivity contribution in [3.8, 4) is 0 Å². The molecule has 17 heavy (non-hydrogen) atoms. The maximum Gasteiger partial charge on any atom is 0.237 e. The summed E-state index contributed by atoms with van der Waals surface area (Å²) in [4.78, 5) is 11.5. The highest BCUT2D eigenvalue weighted by Gasteiger charge is 2.31. The van der Waals surface area contributed by atoms with Gasteiger partial charge in [0.2, 0.25) is 5.91 Å². The number of carbonyl (C=O) groups excluding carboxylic acids is 1. The lowest BCUT2D eigenvalue weighted by Gasteiger charge is -2.29. The largest absolute Gasteiger partial charge is 0.368 e. The van der Waals surface area contributed by atoms with Crippen LogP contribution in [0.15, 0.2) is 21.7 Å². The molecular formula is C12H20N2OS2. The van der Waals surface area contributed by atoms with Gasteiger partial charge in [-0.15, -0.1) is 23.1 Å². The summed E-state index contributed by atoms with van der Waals surface area (Å²) in [6, 6.07) is 4.14. The zero-order valence-corrected chi connectivity index (χ0v) is 12.2. The number of carbonyl (C=O) groups is 1. The maximum atomic E-state index is 11.5. The first-order chi connectivity index (χ1) is 7.98. The van der Waals surface area contributed by atoms with Crippen molar-refractivity contribution in [1.82, 2.24) is 5.32 Å². The number of amides is 1. The Morgan fingerprint density at radius 2 is 2.41 bits per heavy atom. The molecular weight excluding hydrogens is 252 g/mol. The molecule has 1 aromatic rings. The van der Waals surface area contributed by atoms with Gasteiger partial charge in [0.1, 0.15) is 0 Å². The van der Waals surface area contributed by atoms with Gasteiger partial charge >= 0.3 is 0 Å². The summed E-state index contributed by atoms with van der Waals surface area (Å²) in [6.07, 6.45) is 0.735. The smallest absolute Gasteiger partial charge is 0.237 e. The molecule has 2 unspecified atom stereocenters. The third-order valence-corrected chi connectivity index (χ3v) is 4.80. The zero-order valence-electron chi connectivity index (χ0n) is 10.5. The quantitative estimate of drug-likeness (QED) is 0.750. The van der Waals surface area contributed by atoms with Crippen LogP contribution in [0.4, 0.5) is 0 Å². The molecule has 0 saturated carbocycles. The highest BCUT2D eigenvalue weighted by atomic mass is 32.2. The van der Waals surface area contributed by atoms with Crippen molar-refractivity contribution in [2.45, 2.75) is 42.2 Å². The molecule has 0 bridgehead atoms. The molecule has 0 aliphatic carbocycles. The van der Waals surface area contributed by atoms with Crippen LogP contribution in [-0.2, 0) is 4.79 Å². The number of hydrogen-bond acceptors (Lipinski definition) is 4. The van der Waals surface area contributed by atoms with E-state index in [2.05, 4.69) is 23.7 Å². The van der Waals surface area contributed by atoms with Crippen molar-refractivity contribution in [3.05, 3.63) is 17.5 Å². The third kappa shape index (κ3) is 4.33. The molecule has 0 radical (unpaired) electrons. The minimum absolute atomic E-state index is 0.280. The van der Waals surface area contributed by atoms with E-state index in [1.165, 1.54) is 4.21 Å². The fraction of sp³-hybridized carbons (Fsp3) is 0.583. The van der Waals surface area contributed by atoms with E-state index in [0.717, 1.165) is 13.0 Å². The second kappa shape index (κ2) is 6.42. The number of hydrogen-bond donors (Lipinski definition) is 2. The number of rotatable bonds is 7. The van der Waals surface area contributed by atoms with Crippen LogP contribution in [0.1, 0.15) is 27.2 Å². The van der Waals surface area contributed by atoms with Crippen molar-refractivity contribution >= 4 is 29.0 Å². The second-order valence-corrected chi connectivity index (χ2v) is 6.98. The van der Waals surface area contributed by atoms with Crippen LogP contribution in [0.3, 0.4) is 0 Å². The van der Waals surface area contributed by atoms with E-state index in [1.807, 2.05) is 19.9 Å². The summed E-state index contributed by atoms with van der Waals surface area (Å²) in [6.45, 7) is 6.74. The first-order valence-corrected chi connectivity index (χ1v) is 7.49. The third-order valence-electron chi connectivity index (χ3n) is 2.62. The highest BCUT2D eigenvalue weighted by Crippen LogP contribution is 2.31. The Hall–Kier alpha value is -0.520. The Morgan fingerprint density at radius 3 is 2.88 bits per heavy atom. The molecule has 5 heteroatoms. The average molecular weight is 272 g/mol. The van der Waals surface area contributed by atoms with E-state index in [4.69, 9.17) is 5.73 Å². The van der Waals surface area contributed by atoms with E-state index in [0.29, 0.717) is 5.25 Å². The molecule has 0 fully saturated rings. The van der Waals surface area contributed by atoms with E-state index in [9.17, 15) is 4.79 Å². The van der Waals surface area contributed by atoms with Gasteiger partial charge in [0, 0.05) is 5.25 Å². The molecule has 0 aromatic carbocycles. The number of thiophene rings is 1. The van der Waals surface area contributed by atoms with E-state index in [1.54, 1.807) is 23.1 Å². The van der Waals surface area contributed by atoms with Crippen molar-refractivity contribution < 1.29 is 4.79 Å². The highest BCUT2D eigenvalue weighted by molar-refractivity contribution is 8.01. The van der Waals surface area contributed by atoms with Crippen LogP contribution >= 0.6 is 23.1 Å². The lowest BCUT2D eigenvalue weighted by atomic mass is 9.95. The van der Waals surface area contributed by atoms with Gasteiger partial charge < -0.3 is 11.1 Å².